The molecule has 2 aliphatic rings. The lowest BCUT2D eigenvalue weighted by Crippen LogP contribution is -2.14. The number of aliphatic imine (C=N–C) groups is 1. The number of rotatable bonds is 3. The van der Waals surface area contributed by atoms with Crippen LogP contribution in [0.1, 0.15) is 67.9 Å². The van der Waals surface area contributed by atoms with Crippen LogP contribution in [0, 0.1) is 0 Å². The molecule has 0 amide bonds. The zero-order valence-electron chi connectivity index (χ0n) is 16.1. The van der Waals surface area contributed by atoms with Crippen LogP contribution < -0.4 is 5.56 Å². The molecule has 28 heavy (non-hydrogen) atoms. The van der Waals surface area contributed by atoms with Gasteiger partial charge in [-0.15, -0.1) is 0 Å². The third kappa shape index (κ3) is 3.72. The summed E-state index contributed by atoms with van der Waals surface area (Å²) in [6.45, 7) is 1.96. The van der Waals surface area contributed by atoms with Crippen LogP contribution in [-0.2, 0) is 9.84 Å². The average Bonchev–Trinajstić information content (AvgIpc) is 2.84. The van der Waals surface area contributed by atoms with Crippen LogP contribution in [0.4, 0.5) is 5.82 Å². The highest BCUT2D eigenvalue weighted by Crippen LogP contribution is 2.45. The van der Waals surface area contributed by atoms with Crippen LogP contribution >= 0.6 is 11.8 Å². The third-order valence-electron chi connectivity index (χ3n) is 5.55. The Labute approximate surface area is 169 Å². The topological polar surface area (TPSA) is 84.3 Å². The summed E-state index contributed by atoms with van der Waals surface area (Å²) in [5.41, 5.74) is 1.49. The van der Waals surface area contributed by atoms with Crippen molar-refractivity contribution in [2.45, 2.75) is 61.6 Å². The molecule has 1 aromatic heterocycles. The minimum Gasteiger partial charge on any atom is -0.268 e. The molecule has 1 N–H and O–H groups in total. The number of aromatic amines is 1. The van der Waals surface area contributed by atoms with Crippen LogP contribution in [0.5, 0.6) is 0 Å². The molecule has 1 aliphatic heterocycles. The highest BCUT2D eigenvalue weighted by atomic mass is 32.2. The van der Waals surface area contributed by atoms with Gasteiger partial charge in [0.2, 0.25) is 0 Å². The molecule has 2 heterocycles. The number of fused-ring (bicyclic) bond motifs is 1. The summed E-state index contributed by atoms with van der Waals surface area (Å²) >= 11 is 1.54. The maximum absolute atomic E-state index is 12.9. The zero-order valence-corrected chi connectivity index (χ0v) is 17.8. The predicted octanol–water partition coefficient (Wildman–Crippen LogP) is 4.36. The van der Waals surface area contributed by atoms with Gasteiger partial charge in [0.25, 0.3) is 5.56 Å². The van der Waals surface area contributed by atoms with Gasteiger partial charge in [-0.2, -0.15) is 0 Å². The number of benzene rings is 1. The predicted molar refractivity (Wildman–Crippen MR) is 114 cm³/mol. The fraction of sp³-hybridized carbons (Fsp3) is 0.500. The van der Waals surface area contributed by atoms with Gasteiger partial charge in [-0.05, 0) is 37.5 Å². The molecular formula is C20H25N3O3S2. The first-order chi connectivity index (χ1) is 13.3. The summed E-state index contributed by atoms with van der Waals surface area (Å²) in [5.74, 6) is 0.741. The Morgan fingerprint density at radius 3 is 2.36 bits per heavy atom. The van der Waals surface area contributed by atoms with E-state index >= 15 is 0 Å². The Morgan fingerprint density at radius 1 is 1.11 bits per heavy atom. The Morgan fingerprint density at radius 2 is 1.75 bits per heavy atom. The van der Waals surface area contributed by atoms with Gasteiger partial charge in [0, 0.05) is 6.26 Å². The van der Waals surface area contributed by atoms with Crippen molar-refractivity contribution in [1.82, 2.24) is 9.78 Å². The fourth-order valence-corrected chi connectivity index (χ4v) is 5.85. The van der Waals surface area contributed by atoms with Crippen molar-refractivity contribution in [3.63, 3.8) is 0 Å². The highest BCUT2D eigenvalue weighted by Gasteiger charge is 2.32. The first-order valence-corrected chi connectivity index (χ1v) is 12.5. The first-order valence-electron chi connectivity index (χ1n) is 9.71. The van der Waals surface area contributed by atoms with Crippen LogP contribution in [0.25, 0.3) is 0 Å². The summed E-state index contributed by atoms with van der Waals surface area (Å²) in [7, 11) is -3.25. The van der Waals surface area contributed by atoms with Crippen LogP contribution in [0.3, 0.4) is 0 Å². The Bertz CT molecular complexity index is 1060. The molecule has 2 aromatic rings. The van der Waals surface area contributed by atoms with Crippen molar-refractivity contribution in [3.8, 4) is 0 Å². The van der Waals surface area contributed by atoms with E-state index in [0.717, 1.165) is 29.3 Å². The number of aromatic nitrogens is 2. The van der Waals surface area contributed by atoms with E-state index in [1.807, 2.05) is 11.6 Å². The highest BCUT2D eigenvalue weighted by molar-refractivity contribution is 8.14. The van der Waals surface area contributed by atoms with Gasteiger partial charge in [-0.25, -0.2) is 13.4 Å². The summed E-state index contributed by atoms with van der Waals surface area (Å²) in [6, 6.07) is 7.12. The molecule has 150 valence electrons. The van der Waals surface area contributed by atoms with E-state index in [4.69, 9.17) is 4.99 Å². The zero-order chi connectivity index (χ0) is 19.9. The van der Waals surface area contributed by atoms with Crippen molar-refractivity contribution >= 4 is 32.5 Å². The second-order valence-electron chi connectivity index (χ2n) is 7.66. The number of hydrogen-bond acceptors (Lipinski definition) is 5. The monoisotopic (exact) mass is 419 g/mol. The maximum Gasteiger partial charge on any atom is 0.271 e. The Hall–Kier alpha value is -1.80. The number of hydrogen-bond donors (Lipinski definition) is 1. The quantitative estimate of drug-likeness (QED) is 0.749. The molecule has 1 aliphatic carbocycles. The van der Waals surface area contributed by atoms with Crippen LogP contribution in [0.15, 0.2) is 38.9 Å². The molecule has 1 fully saturated rings. The largest absolute Gasteiger partial charge is 0.271 e. The summed E-state index contributed by atoms with van der Waals surface area (Å²) in [4.78, 5) is 17.9. The van der Waals surface area contributed by atoms with E-state index in [2.05, 4.69) is 5.10 Å². The van der Waals surface area contributed by atoms with E-state index < -0.39 is 9.84 Å². The number of nitrogens with zero attached hydrogens (tertiary/aromatic N) is 2. The minimum absolute atomic E-state index is 0.0970. The standard InChI is InChI=1S/C20H25N3O3S2/c1-13-21-19-17(20(24)22-23(19)15-7-5-3-4-6-8-15)18(27-13)14-9-11-16(12-10-14)28(2,25)26/h9-12,15,18H,3-8H2,1-2H3,(H,22,24)/t18-/m0/s1. The summed E-state index contributed by atoms with van der Waals surface area (Å²) in [6.07, 6.45) is 8.17. The lowest BCUT2D eigenvalue weighted by Gasteiger charge is -2.23. The number of sulfone groups is 1. The van der Waals surface area contributed by atoms with Crippen LogP contribution in [-0.4, -0.2) is 29.5 Å². The van der Waals surface area contributed by atoms with Crippen molar-refractivity contribution in [2.24, 2.45) is 4.99 Å². The van der Waals surface area contributed by atoms with Gasteiger partial charge in [0.15, 0.2) is 15.7 Å². The van der Waals surface area contributed by atoms with Crippen molar-refractivity contribution in [1.29, 1.82) is 0 Å². The van der Waals surface area contributed by atoms with Gasteiger partial charge < -0.3 is 0 Å². The molecule has 6 nitrogen and oxygen atoms in total. The second kappa shape index (κ2) is 7.55. The SMILES string of the molecule is CC1=Nc2c(c(=O)[nH]n2C2CCCCCC2)[C@H](c2ccc(S(C)(=O)=O)cc2)S1. The van der Waals surface area contributed by atoms with E-state index in [1.54, 1.807) is 36.0 Å². The lowest BCUT2D eigenvalue weighted by atomic mass is 10.1. The smallest absolute Gasteiger partial charge is 0.268 e. The second-order valence-corrected chi connectivity index (χ2v) is 11.0. The van der Waals surface area contributed by atoms with Gasteiger partial charge in [0.05, 0.1) is 26.8 Å². The number of nitrogens with one attached hydrogen (secondary N) is 1. The molecular weight excluding hydrogens is 394 g/mol. The molecule has 0 saturated heterocycles. The van der Waals surface area contributed by atoms with E-state index in [0.29, 0.717) is 5.56 Å². The Kier molecular flexibility index (Phi) is 5.26. The van der Waals surface area contributed by atoms with E-state index in [-0.39, 0.29) is 21.7 Å². The Balaban J connectivity index is 1.76. The maximum atomic E-state index is 12.9. The molecule has 0 radical (unpaired) electrons. The molecule has 1 saturated carbocycles. The normalized spacial score (nSPS) is 21.1. The van der Waals surface area contributed by atoms with Crippen LogP contribution in [0.2, 0.25) is 0 Å². The molecule has 0 bridgehead atoms. The molecule has 8 heteroatoms. The first kappa shape index (κ1) is 19.5. The van der Waals surface area contributed by atoms with E-state index in [1.165, 1.54) is 31.9 Å². The molecule has 4 rings (SSSR count). The van der Waals surface area contributed by atoms with E-state index in [9.17, 15) is 13.2 Å². The molecule has 1 aromatic carbocycles. The summed E-state index contributed by atoms with van der Waals surface area (Å²) in [5, 5.41) is 3.78. The van der Waals surface area contributed by atoms with Gasteiger partial charge >= 0.3 is 0 Å². The van der Waals surface area contributed by atoms with Crippen molar-refractivity contribution < 1.29 is 8.42 Å². The number of H-pyrrole nitrogens is 1. The third-order valence-corrected chi connectivity index (χ3v) is 7.85. The number of thioether (sulfide) groups is 1. The van der Waals surface area contributed by atoms with Gasteiger partial charge in [-0.1, -0.05) is 49.6 Å². The van der Waals surface area contributed by atoms with Gasteiger partial charge in [0.1, 0.15) is 0 Å². The van der Waals surface area contributed by atoms with Gasteiger partial charge in [-0.3, -0.25) is 14.6 Å². The molecule has 0 spiro atoms. The fourth-order valence-electron chi connectivity index (χ4n) is 4.11. The molecule has 0 unspecified atom stereocenters. The lowest BCUT2D eigenvalue weighted by molar-refractivity contribution is 0.407. The molecule has 1 atom stereocenters. The minimum atomic E-state index is -3.25. The van der Waals surface area contributed by atoms with Crippen molar-refractivity contribution in [3.05, 3.63) is 45.7 Å². The summed E-state index contributed by atoms with van der Waals surface area (Å²) < 4.78 is 25.5. The average molecular weight is 420 g/mol. The van der Waals surface area contributed by atoms with Crippen molar-refractivity contribution in [2.75, 3.05) is 6.26 Å².